The SMILES string of the molecule is CC1CCC(CNCc2cncs2)O1. The number of ether oxygens (including phenoxy) is 1. The second kappa shape index (κ2) is 4.87. The average molecular weight is 212 g/mol. The molecule has 0 bridgehead atoms. The van der Waals surface area contributed by atoms with Crippen LogP contribution in [0.15, 0.2) is 11.7 Å². The minimum atomic E-state index is 0.415. The molecule has 0 radical (unpaired) electrons. The van der Waals surface area contributed by atoms with E-state index in [0.29, 0.717) is 12.2 Å². The van der Waals surface area contributed by atoms with Gasteiger partial charge in [0.15, 0.2) is 0 Å². The lowest BCUT2D eigenvalue weighted by atomic mass is 10.2. The lowest BCUT2D eigenvalue weighted by Gasteiger charge is -2.11. The Labute approximate surface area is 88.5 Å². The summed E-state index contributed by atoms with van der Waals surface area (Å²) in [5.41, 5.74) is 1.87. The molecule has 1 aliphatic rings. The molecule has 1 N–H and O–H groups in total. The molecule has 1 aromatic heterocycles. The average Bonchev–Trinajstić information content (AvgIpc) is 2.77. The monoisotopic (exact) mass is 212 g/mol. The van der Waals surface area contributed by atoms with Crippen molar-refractivity contribution in [1.82, 2.24) is 10.3 Å². The number of hydrogen-bond acceptors (Lipinski definition) is 4. The topological polar surface area (TPSA) is 34.2 Å². The van der Waals surface area contributed by atoms with Gasteiger partial charge in [-0.15, -0.1) is 11.3 Å². The Morgan fingerprint density at radius 3 is 3.21 bits per heavy atom. The summed E-state index contributed by atoms with van der Waals surface area (Å²) in [4.78, 5) is 5.32. The third-order valence-electron chi connectivity index (χ3n) is 2.47. The van der Waals surface area contributed by atoms with Crippen LogP contribution in [0.2, 0.25) is 0 Å². The summed E-state index contributed by atoms with van der Waals surface area (Å²) in [6.07, 6.45) is 5.17. The maximum absolute atomic E-state index is 5.71. The summed E-state index contributed by atoms with van der Waals surface area (Å²) in [5, 5.41) is 3.40. The summed E-state index contributed by atoms with van der Waals surface area (Å²) in [6, 6.07) is 0. The third kappa shape index (κ3) is 2.77. The van der Waals surface area contributed by atoms with Crippen LogP contribution in [0, 0.1) is 0 Å². The zero-order valence-corrected chi connectivity index (χ0v) is 9.22. The molecule has 0 aliphatic carbocycles. The highest BCUT2D eigenvalue weighted by atomic mass is 32.1. The van der Waals surface area contributed by atoms with E-state index < -0.39 is 0 Å². The minimum Gasteiger partial charge on any atom is -0.374 e. The number of rotatable bonds is 4. The molecule has 2 heterocycles. The van der Waals surface area contributed by atoms with Crippen molar-refractivity contribution in [3.05, 3.63) is 16.6 Å². The molecule has 2 atom stereocenters. The van der Waals surface area contributed by atoms with Gasteiger partial charge in [0.2, 0.25) is 0 Å². The molecule has 0 amide bonds. The van der Waals surface area contributed by atoms with Gasteiger partial charge in [-0.05, 0) is 19.8 Å². The summed E-state index contributed by atoms with van der Waals surface area (Å²) in [6.45, 7) is 4.02. The van der Waals surface area contributed by atoms with Crippen molar-refractivity contribution in [2.45, 2.75) is 38.5 Å². The molecular formula is C10H16N2OS. The first-order chi connectivity index (χ1) is 6.84. The van der Waals surface area contributed by atoms with Gasteiger partial charge < -0.3 is 10.1 Å². The van der Waals surface area contributed by atoms with Gasteiger partial charge in [-0.25, -0.2) is 0 Å². The van der Waals surface area contributed by atoms with E-state index in [1.54, 1.807) is 11.3 Å². The molecule has 0 saturated carbocycles. The molecule has 1 saturated heterocycles. The fraction of sp³-hybridized carbons (Fsp3) is 0.700. The van der Waals surface area contributed by atoms with E-state index >= 15 is 0 Å². The smallest absolute Gasteiger partial charge is 0.0794 e. The Morgan fingerprint density at radius 1 is 1.64 bits per heavy atom. The Morgan fingerprint density at radius 2 is 2.57 bits per heavy atom. The highest BCUT2D eigenvalue weighted by Gasteiger charge is 2.20. The van der Waals surface area contributed by atoms with Crippen molar-refractivity contribution in [2.24, 2.45) is 0 Å². The van der Waals surface area contributed by atoms with Crippen molar-refractivity contribution in [2.75, 3.05) is 6.54 Å². The molecule has 1 aliphatic heterocycles. The molecule has 2 rings (SSSR count). The number of nitrogens with one attached hydrogen (secondary N) is 1. The standard InChI is InChI=1S/C10H16N2OS/c1-8-2-3-9(13-8)4-11-5-10-6-12-7-14-10/h6-9,11H,2-5H2,1H3. The fourth-order valence-electron chi connectivity index (χ4n) is 1.72. The number of hydrogen-bond donors (Lipinski definition) is 1. The highest BCUT2D eigenvalue weighted by molar-refractivity contribution is 7.09. The van der Waals surface area contributed by atoms with E-state index in [0.717, 1.165) is 13.1 Å². The Balaban J connectivity index is 1.64. The summed E-state index contributed by atoms with van der Waals surface area (Å²) in [7, 11) is 0. The number of nitrogens with zero attached hydrogens (tertiary/aromatic N) is 1. The zero-order chi connectivity index (χ0) is 9.80. The molecule has 0 aromatic carbocycles. The minimum absolute atomic E-state index is 0.415. The van der Waals surface area contributed by atoms with Crippen LogP contribution in [-0.2, 0) is 11.3 Å². The predicted molar refractivity (Wildman–Crippen MR) is 57.4 cm³/mol. The largest absolute Gasteiger partial charge is 0.374 e. The van der Waals surface area contributed by atoms with E-state index in [2.05, 4.69) is 17.2 Å². The van der Waals surface area contributed by atoms with Crippen LogP contribution < -0.4 is 5.32 Å². The second-order valence-corrected chi connectivity index (χ2v) is 4.72. The van der Waals surface area contributed by atoms with Crippen molar-refractivity contribution in [1.29, 1.82) is 0 Å². The Kier molecular flexibility index (Phi) is 3.50. The van der Waals surface area contributed by atoms with Gasteiger partial charge >= 0.3 is 0 Å². The van der Waals surface area contributed by atoms with Crippen LogP contribution >= 0.6 is 11.3 Å². The van der Waals surface area contributed by atoms with E-state index in [1.165, 1.54) is 17.7 Å². The van der Waals surface area contributed by atoms with Crippen LogP contribution in [0.25, 0.3) is 0 Å². The molecule has 14 heavy (non-hydrogen) atoms. The molecule has 3 nitrogen and oxygen atoms in total. The van der Waals surface area contributed by atoms with Gasteiger partial charge in [-0.3, -0.25) is 4.98 Å². The lowest BCUT2D eigenvalue weighted by Crippen LogP contribution is -2.26. The van der Waals surface area contributed by atoms with Crippen molar-refractivity contribution < 1.29 is 4.74 Å². The van der Waals surface area contributed by atoms with Crippen LogP contribution in [0.4, 0.5) is 0 Å². The second-order valence-electron chi connectivity index (χ2n) is 3.74. The van der Waals surface area contributed by atoms with Gasteiger partial charge in [0.05, 0.1) is 17.7 Å². The van der Waals surface area contributed by atoms with Gasteiger partial charge in [0.1, 0.15) is 0 Å². The van der Waals surface area contributed by atoms with Crippen LogP contribution in [-0.4, -0.2) is 23.7 Å². The number of aromatic nitrogens is 1. The van der Waals surface area contributed by atoms with E-state index in [4.69, 9.17) is 4.74 Å². The first-order valence-electron chi connectivity index (χ1n) is 5.08. The van der Waals surface area contributed by atoms with Crippen LogP contribution in [0.5, 0.6) is 0 Å². The molecular weight excluding hydrogens is 196 g/mol. The number of thiazole rings is 1. The van der Waals surface area contributed by atoms with E-state index in [-0.39, 0.29) is 0 Å². The Bertz CT molecular complexity index is 263. The molecule has 1 aromatic rings. The van der Waals surface area contributed by atoms with Gasteiger partial charge in [-0.1, -0.05) is 0 Å². The predicted octanol–water partition coefficient (Wildman–Crippen LogP) is 1.80. The summed E-state index contributed by atoms with van der Waals surface area (Å²) < 4.78 is 5.71. The van der Waals surface area contributed by atoms with Crippen LogP contribution in [0.3, 0.4) is 0 Å². The van der Waals surface area contributed by atoms with E-state index in [1.807, 2.05) is 11.7 Å². The normalized spacial score (nSPS) is 26.9. The maximum atomic E-state index is 5.71. The first kappa shape index (κ1) is 10.1. The first-order valence-corrected chi connectivity index (χ1v) is 5.96. The Hall–Kier alpha value is -0.450. The van der Waals surface area contributed by atoms with E-state index in [9.17, 15) is 0 Å². The molecule has 4 heteroatoms. The van der Waals surface area contributed by atoms with Gasteiger partial charge in [0.25, 0.3) is 0 Å². The van der Waals surface area contributed by atoms with Gasteiger partial charge in [0, 0.05) is 24.2 Å². The van der Waals surface area contributed by atoms with Crippen molar-refractivity contribution in [3.63, 3.8) is 0 Å². The highest BCUT2D eigenvalue weighted by Crippen LogP contribution is 2.18. The summed E-state index contributed by atoms with van der Waals surface area (Å²) in [5.74, 6) is 0. The molecule has 0 spiro atoms. The van der Waals surface area contributed by atoms with Crippen molar-refractivity contribution in [3.8, 4) is 0 Å². The fourth-order valence-corrected chi connectivity index (χ4v) is 2.29. The van der Waals surface area contributed by atoms with Crippen LogP contribution in [0.1, 0.15) is 24.6 Å². The summed E-state index contributed by atoms with van der Waals surface area (Å²) >= 11 is 1.69. The molecule has 2 unspecified atom stereocenters. The molecule has 1 fully saturated rings. The maximum Gasteiger partial charge on any atom is 0.0794 e. The molecule has 78 valence electrons. The van der Waals surface area contributed by atoms with Crippen molar-refractivity contribution >= 4 is 11.3 Å². The quantitative estimate of drug-likeness (QED) is 0.826. The van der Waals surface area contributed by atoms with Gasteiger partial charge in [-0.2, -0.15) is 0 Å². The third-order valence-corrected chi connectivity index (χ3v) is 3.25. The lowest BCUT2D eigenvalue weighted by molar-refractivity contribution is 0.0559. The zero-order valence-electron chi connectivity index (χ0n) is 8.40.